The molecule has 0 atom stereocenters. The number of thiazole rings is 1. The smallest absolute Gasteiger partial charge is 0.185 e. The Bertz CT molecular complexity index is 286. The Labute approximate surface area is 88.4 Å². The highest BCUT2D eigenvalue weighted by molar-refractivity contribution is 7.07. The number of hydrogen-bond donors (Lipinski definition) is 0. The molecule has 0 amide bonds. The van der Waals surface area contributed by atoms with Gasteiger partial charge < -0.3 is 0 Å². The topological polar surface area (TPSA) is 30.0 Å². The summed E-state index contributed by atoms with van der Waals surface area (Å²) in [6, 6.07) is 0. The van der Waals surface area contributed by atoms with Crippen molar-refractivity contribution in [2.24, 2.45) is 5.92 Å². The third-order valence-corrected chi connectivity index (χ3v) is 3.50. The lowest BCUT2D eigenvalue weighted by atomic mass is 9.94. The van der Waals surface area contributed by atoms with E-state index in [1.807, 2.05) is 5.38 Å². The van der Waals surface area contributed by atoms with Gasteiger partial charge in [-0.15, -0.1) is 11.3 Å². The standard InChI is InChI=1S/C11H15NOS/c13-11(10-7-14-8-12-10)9-5-3-1-2-4-6-9/h7-9H,1-6H2. The molecule has 1 aliphatic rings. The van der Waals surface area contributed by atoms with Crippen LogP contribution in [-0.4, -0.2) is 10.8 Å². The van der Waals surface area contributed by atoms with E-state index in [-0.39, 0.29) is 11.7 Å². The van der Waals surface area contributed by atoms with Crippen LogP contribution in [0.3, 0.4) is 0 Å². The zero-order valence-corrected chi connectivity index (χ0v) is 9.05. The summed E-state index contributed by atoms with van der Waals surface area (Å²) in [6.45, 7) is 0. The first-order chi connectivity index (χ1) is 6.88. The van der Waals surface area contributed by atoms with E-state index in [1.165, 1.54) is 37.0 Å². The molecule has 0 spiro atoms. The van der Waals surface area contributed by atoms with E-state index < -0.39 is 0 Å². The monoisotopic (exact) mass is 209 g/mol. The summed E-state index contributed by atoms with van der Waals surface area (Å²) in [4.78, 5) is 16.0. The highest BCUT2D eigenvalue weighted by atomic mass is 32.1. The van der Waals surface area contributed by atoms with Crippen molar-refractivity contribution in [3.8, 4) is 0 Å². The van der Waals surface area contributed by atoms with Crippen LogP contribution in [0.2, 0.25) is 0 Å². The van der Waals surface area contributed by atoms with E-state index in [0.29, 0.717) is 5.69 Å². The lowest BCUT2D eigenvalue weighted by Crippen LogP contribution is -2.14. The molecular formula is C11H15NOS. The van der Waals surface area contributed by atoms with Crippen LogP contribution >= 0.6 is 11.3 Å². The Hall–Kier alpha value is -0.700. The molecule has 0 N–H and O–H groups in total. The first kappa shape index (κ1) is 9.84. The van der Waals surface area contributed by atoms with Gasteiger partial charge in [0.2, 0.25) is 0 Å². The van der Waals surface area contributed by atoms with E-state index >= 15 is 0 Å². The fraction of sp³-hybridized carbons (Fsp3) is 0.636. The summed E-state index contributed by atoms with van der Waals surface area (Å²) in [5, 5.41) is 1.87. The minimum absolute atomic E-state index is 0.250. The van der Waals surface area contributed by atoms with Gasteiger partial charge in [-0.05, 0) is 12.8 Å². The minimum Gasteiger partial charge on any atom is -0.292 e. The van der Waals surface area contributed by atoms with Crippen LogP contribution in [0.4, 0.5) is 0 Å². The third kappa shape index (κ3) is 2.21. The number of ketones is 1. The molecule has 1 saturated carbocycles. The molecule has 1 aliphatic carbocycles. The number of rotatable bonds is 2. The van der Waals surface area contributed by atoms with Gasteiger partial charge in [0.25, 0.3) is 0 Å². The fourth-order valence-corrected chi connectivity index (χ4v) is 2.63. The van der Waals surface area contributed by atoms with Crippen LogP contribution in [0.15, 0.2) is 10.9 Å². The van der Waals surface area contributed by atoms with Gasteiger partial charge in [-0.1, -0.05) is 25.7 Å². The van der Waals surface area contributed by atoms with E-state index in [1.54, 1.807) is 5.51 Å². The van der Waals surface area contributed by atoms with E-state index in [9.17, 15) is 4.79 Å². The first-order valence-corrected chi connectivity index (χ1v) is 6.24. The maximum Gasteiger partial charge on any atom is 0.185 e. The molecule has 1 heterocycles. The van der Waals surface area contributed by atoms with Crippen molar-refractivity contribution in [3.63, 3.8) is 0 Å². The van der Waals surface area contributed by atoms with Crippen LogP contribution in [0.1, 0.15) is 49.0 Å². The average Bonchev–Trinajstić information content (AvgIpc) is 2.59. The number of hydrogen-bond acceptors (Lipinski definition) is 3. The molecule has 2 rings (SSSR count). The molecule has 14 heavy (non-hydrogen) atoms. The van der Waals surface area contributed by atoms with Gasteiger partial charge in [-0.25, -0.2) is 4.98 Å². The molecule has 0 aromatic carbocycles. The molecule has 0 unspecified atom stereocenters. The predicted octanol–water partition coefficient (Wildman–Crippen LogP) is 3.30. The summed E-state index contributed by atoms with van der Waals surface area (Å²) in [5.41, 5.74) is 2.42. The van der Waals surface area contributed by atoms with Crippen LogP contribution in [0, 0.1) is 5.92 Å². The second kappa shape index (κ2) is 4.69. The highest BCUT2D eigenvalue weighted by Gasteiger charge is 2.22. The van der Waals surface area contributed by atoms with Crippen molar-refractivity contribution >= 4 is 17.1 Å². The third-order valence-electron chi connectivity index (χ3n) is 2.91. The van der Waals surface area contributed by atoms with Crippen molar-refractivity contribution in [1.29, 1.82) is 0 Å². The van der Waals surface area contributed by atoms with Crippen LogP contribution in [-0.2, 0) is 0 Å². The number of nitrogens with zero attached hydrogens (tertiary/aromatic N) is 1. The maximum absolute atomic E-state index is 12.0. The number of carbonyl (C=O) groups excluding carboxylic acids is 1. The molecule has 1 aromatic heterocycles. The molecule has 0 bridgehead atoms. The Morgan fingerprint density at radius 2 is 2.00 bits per heavy atom. The zero-order chi connectivity index (χ0) is 9.80. The maximum atomic E-state index is 12.0. The molecule has 0 radical (unpaired) electrons. The number of carbonyl (C=O) groups is 1. The van der Waals surface area contributed by atoms with Gasteiger partial charge in [-0.2, -0.15) is 0 Å². The Morgan fingerprint density at radius 1 is 1.29 bits per heavy atom. The van der Waals surface area contributed by atoms with Crippen LogP contribution in [0.5, 0.6) is 0 Å². The summed E-state index contributed by atoms with van der Waals surface area (Å²) in [6.07, 6.45) is 7.13. The summed E-state index contributed by atoms with van der Waals surface area (Å²) < 4.78 is 0. The summed E-state index contributed by atoms with van der Waals surface area (Å²) in [7, 11) is 0. The molecule has 0 saturated heterocycles. The van der Waals surface area contributed by atoms with Crippen LogP contribution in [0.25, 0.3) is 0 Å². The van der Waals surface area contributed by atoms with Gasteiger partial charge >= 0.3 is 0 Å². The molecule has 0 aliphatic heterocycles. The summed E-state index contributed by atoms with van der Waals surface area (Å²) in [5.74, 6) is 0.521. The molecule has 1 aromatic rings. The summed E-state index contributed by atoms with van der Waals surface area (Å²) >= 11 is 1.51. The predicted molar refractivity (Wildman–Crippen MR) is 57.6 cm³/mol. The number of Topliss-reactive ketones (excluding diaryl/α,β-unsaturated/α-hetero) is 1. The average molecular weight is 209 g/mol. The van der Waals surface area contributed by atoms with Gasteiger partial charge in [0, 0.05) is 11.3 Å². The van der Waals surface area contributed by atoms with Gasteiger partial charge in [0.15, 0.2) is 5.78 Å². The molecule has 2 nitrogen and oxygen atoms in total. The van der Waals surface area contributed by atoms with E-state index in [2.05, 4.69) is 4.98 Å². The highest BCUT2D eigenvalue weighted by Crippen LogP contribution is 2.25. The zero-order valence-electron chi connectivity index (χ0n) is 8.24. The molecule has 1 fully saturated rings. The second-order valence-corrected chi connectivity index (χ2v) is 4.65. The number of aromatic nitrogens is 1. The Morgan fingerprint density at radius 3 is 2.57 bits per heavy atom. The van der Waals surface area contributed by atoms with Crippen LogP contribution < -0.4 is 0 Å². The lowest BCUT2D eigenvalue weighted by Gasteiger charge is -2.10. The van der Waals surface area contributed by atoms with Crippen molar-refractivity contribution in [1.82, 2.24) is 4.98 Å². The van der Waals surface area contributed by atoms with E-state index in [4.69, 9.17) is 0 Å². The van der Waals surface area contributed by atoms with Gasteiger partial charge in [-0.3, -0.25) is 4.79 Å². The Balaban J connectivity index is 2.03. The minimum atomic E-state index is 0.250. The van der Waals surface area contributed by atoms with Crippen molar-refractivity contribution in [3.05, 3.63) is 16.6 Å². The normalized spacial score (nSPS) is 19.1. The van der Waals surface area contributed by atoms with Gasteiger partial charge in [0.05, 0.1) is 5.51 Å². The Kier molecular flexibility index (Phi) is 3.30. The molecule has 76 valence electrons. The SMILES string of the molecule is O=C(c1cscn1)C1CCCCCC1. The largest absolute Gasteiger partial charge is 0.292 e. The van der Waals surface area contributed by atoms with Gasteiger partial charge in [0.1, 0.15) is 5.69 Å². The second-order valence-electron chi connectivity index (χ2n) is 3.93. The molecular weight excluding hydrogens is 194 g/mol. The quantitative estimate of drug-likeness (QED) is 0.552. The van der Waals surface area contributed by atoms with E-state index in [0.717, 1.165) is 12.8 Å². The van der Waals surface area contributed by atoms with Crippen molar-refractivity contribution in [2.75, 3.05) is 0 Å². The first-order valence-electron chi connectivity index (χ1n) is 5.30. The van der Waals surface area contributed by atoms with Crippen molar-refractivity contribution < 1.29 is 4.79 Å². The van der Waals surface area contributed by atoms with Crippen molar-refractivity contribution in [2.45, 2.75) is 38.5 Å². The lowest BCUT2D eigenvalue weighted by molar-refractivity contribution is 0.0903. The molecule has 3 heteroatoms. The fourth-order valence-electron chi connectivity index (χ4n) is 2.08.